The number of halogens is 4. The van der Waals surface area contributed by atoms with Crippen molar-refractivity contribution < 1.29 is 56.6 Å². The zero-order valence-corrected chi connectivity index (χ0v) is 78.2. The van der Waals surface area contributed by atoms with Crippen LogP contribution in [0.4, 0.5) is 17.6 Å². The van der Waals surface area contributed by atoms with Gasteiger partial charge in [-0.25, -0.2) is 46.1 Å². The Morgan fingerprint density at radius 2 is 0.835 bits per heavy atom. The molecule has 6 N–H and O–H groups in total. The number of aromatic nitrogens is 18. The van der Waals surface area contributed by atoms with Gasteiger partial charge in [0.05, 0.1) is 91.6 Å². The van der Waals surface area contributed by atoms with E-state index >= 15 is 27.2 Å². The summed E-state index contributed by atoms with van der Waals surface area (Å²) in [7, 11) is 3.44. The van der Waals surface area contributed by atoms with Gasteiger partial charge in [-0.3, -0.25) is 56.2 Å². The number of imidazole rings is 2. The molecule has 37 heteroatoms. The second-order valence-electron chi connectivity index (χ2n) is 37.6. The maximum atomic E-state index is 16.1. The van der Waals surface area contributed by atoms with E-state index in [4.69, 9.17) is 28.7 Å². The molecule has 10 aromatic heterocycles. The van der Waals surface area contributed by atoms with Gasteiger partial charge in [0, 0.05) is 149 Å². The molecule has 2 saturated heterocycles. The Morgan fingerprint density at radius 3 is 1.18 bits per heavy atom. The third-order valence-corrected chi connectivity index (χ3v) is 28.4. The van der Waals surface area contributed by atoms with Crippen LogP contribution in [-0.4, -0.2) is 195 Å². The van der Waals surface area contributed by atoms with Gasteiger partial charge in [0.2, 0.25) is 0 Å². The summed E-state index contributed by atoms with van der Waals surface area (Å²) in [4.78, 5) is 94.5. The number of fused-ring (bicyclic) bond motifs is 6. The Bertz CT molecular complexity index is 7210. The number of hydrogen-bond donors (Lipinski definition) is 2. The van der Waals surface area contributed by atoms with Crippen LogP contribution in [0, 0.1) is 62.8 Å². The first-order valence-electron chi connectivity index (χ1n) is 44.1. The summed E-state index contributed by atoms with van der Waals surface area (Å²) in [5.41, 5.74) is 7.84. The molecule has 6 aliphatic rings. The second kappa shape index (κ2) is 33.0. The van der Waals surface area contributed by atoms with Crippen LogP contribution in [0.1, 0.15) is 206 Å². The number of aromatic amines is 2. The number of ether oxygens (including phenoxy) is 2. The zero-order valence-electron chi connectivity index (χ0n) is 76.0. The normalized spacial score (nSPS) is 21.2. The fourth-order valence-corrected chi connectivity index (χ4v) is 21.6. The van der Waals surface area contributed by atoms with E-state index in [1.807, 2.05) is 35.1 Å². The number of nitrogens with one attached hydrogen (secondary N) is 2. The van der Waals surface area contributed by atoms with E-state index in [9.17, 15) is 19.2 Å². The van der Waals surface area contributed by atoms with Gasteiger partial charge in [-0.15, -0.1) is 0 Å². The zero-order chi connectivity index (χ0) is 90.9. The number of rotatable bonds is 14. The van der Waals surface area contributed by atoms with Crippen LogP contribution < -0.4 is 22.9 Å². The largest absolute Gasteiger partial charge is 0.438 e. The molecule has 686 valence electrons. The molecule has 4 fully saturated rings. The molecule has 6 aromatic carbocycles. The fraction of sp³-hybridized carbons (Fsp3) is 0.375. The molecule has 8 atom stereocenters. The summed E-state index contributed by atoms with van der Waals surface area (Å²) >= 11 is 0. The summed E-state index contributed by atoms with van der Waals surface area (Å²) in [5, 5.41) is 29.2. The van der Waals surface area contributed by atoms with E-state index in [1.165, 1.54) is 43.1 Å². The second-order valence-corrected chi connectivity index (χ2v) is 37.6. The Labute approximate surface area is 786 Å². The minimum Gasteiger partial charge on any atom is -0.412 e. The van der Waals surface area contributed by atoms with Crippen molar-refractivity contribution in [3.05, 3.63) is 279 Å². The number of hydrogen-bond acceptors (Lipinski definition) is 16. The van der Waals surface area contributed by atoms with Gasteiger partial charge >= 0.3 is 22.9 Å². The smallest absolute Gasteiger partial charge is 0.412 e. The molecule has 2 saturated carbocycles. The molecule has 14 heterocycles. The Hall–Kier alpha value is -12.6. The fourth-order valence-electron chi connectivity index (χ4n) is 21.6. The average Bonchev–Trinajstić information content (AvgIpc) is 1.53. The van der Waals surface area contributed by atoms with Crippen LogP contribution in [0.2, 0.25) is 0 Å². The van der Waals surface area contributed by atoms with Crippen LogP contribution in [0.15, 0.2) is 162 Å². The van der Waals surface area contributed by atoms with Crippen molar-refractivity contribution in [2.24, 2.45) is 25.9 Å². The molecular formula is C96H100CaF4N20O12. The molecule has 4 aliphatic heterocycles. The summed E-state index contributed by atoms with van der Waals surface area (Å²) < 4.78 is 100. The van der Waals surface area contributed by atoms with Gasteiger partial charge in [0.1, 0.15) is 45.7 Å². The van der Waals surface area contributed by atoms with Crippen molar-refractivity contribution >= 4 is 93.2 Å². The quantitative estimate of drug-likeness (QED) is 0.0754. The molecule has 2 aliphatic carbocycles. The summed E-state index contributed by atoms with van der Waals surface area (Å²) in [6.07, 6.45) is 14.3. The molecule has 16 aromatic rings. The number of nitrogens with zero attached hydrogens (tertiary/aromatic N) is 18. The standard InChI is InChI=1S/2C48H48F2N10O5.Ca.2H2O/c2*1-25-18-32(19-26(2)40(25)49)60-42(58-16-15-57(46(58)63)37-11-10-36-33(41(37)50)24-51-55(36)7)39-28(4)56(14-12-34(39)53-60)43(61)38-21-31-20-29(30-13-17-64-47(5,6)23-30)8-9-35(31)59(38)48(22-27(48)3)44-52-45(62)65-54-44;;;/h2*8-11,15-16,18-21,24,27-28,30H,12-14,17,22-23H2,1-7H3,(H,52,54,62);;2*1H2/t2*27-,28-,30-,48-;;;/m00.../s1. The Balaban J connectivity index is 0.000000174. The van der Waals surface area contributed by atoms with E-state index in [0.29, 0.717) is 154 Å². The van der Waals surface area contributed by atoms with Crippen molar-refractivity contribution in [1.29, 1.82) is 0 Å². The van der Waals surface area contributed by atoms with E-state index in [2.05, 4.69) is 108 Å². The van der Waals surface area contributed by atoms with Crippen LogP contribution in [-0.2, 0) is 47.5 Å². The number of aryl methyl sites for hydroxylation is 6. The molecule has 32 nitrogen and oxygen atoms in total. The maximum Gasteiger partial charge on any atom is 0.438 e. The first kappa shape index (κ1) is 90.9. The molecule has 22 rings (SSSR count). The molecule has 0 bridgehead atoms. The van der Waals surface area contributed by atoms with E-state index in [0.717, 1.165) is 58.6 Å². The molecular weight excluding hydrogens is 1740 g/mol. The van der Waals surface area contributed by atoms with Crippen LogP contribution in [0.5, 0.6) is 0 Å². The molecule has 0 spiro atoms. The van der Waals surface area contributed by atoms with Gasteiger partial charge < -0.3 is 39.4 Å². The monoisotopic (exact) mass is 1840 g/mol. The number of carbonyl (C=O) groups is 2. The molecule has 2 amide bonds. The number of benzene rings is 6. The Kier molecular flexibility index (Phi) is 22.5. The van der Waals surface area contributed by atoms with E-state index in [1.54, 1.807) is 131 Å². The predicted octanol–water partition coefficient (Wildman–Crippen LogP) is 12.9. The summed E-state index contributed by atoms with van der Waals surface area (Å²) in [6, 6.07) is 28.5. The minimum absolute atomic E-state index is 0. The Morgan fingerprint density at radius 1 is 0.474 bits per heavy atom. The first-order valence-corrected chi connectivity index (χ1v) is 44.1. The predicted molar refractivity (Wildman–Crippen MR) is 487 cm³/mol. The molecule has 2 radical (unpaired) electrons. The summed E-state index contributed by atoms with van der Waals surface area (Å²) in [5.74, 6) is -1.85. The topological polar surface area (TPSA) is 375 Å². The number of amides is 2. The van der Waals surface area contributed by atoms with Crippen molar-refractivity contribution in [2.45, 2.75) is 181 Å². The van der Waals surface area contributed by atoms with Crippen molar-refractivity contribution in [2.75, 3.05) is 26.3 Å². The van der Waals surface area contributed by atoms with Gasteiger partial charge in [-0.2, -0.15) is 20.4 Å². The third-order valence-electron chi connectivity index (χ3n) is 28.4. The number of H-pyrrole nitrogens is 2. The third kappa shape index (κ3) is 14.5. The van der Waals surface area contributed by atoms with E-state index in [-0.39, 0.29) is 129 Å². The van der Waals surface area contributed by atoms with Gasteiger partial charge in [0.15, 0.2) is 23.3 Å². The van der Waals surface area contributed by atoms with Crippen molar-refractivity contribution in [3.8, 4) is 34.4 Å². The SMILES string of the molecule is Cc1cc(-n2nc3c(c2-n2ccn(-c4ccc5c(cnn5C)c4F)c2=O)[C@H](C)N(C(=O)c2cc4cc([C@H]5CCOC(C)(C)C5)ccc4n2[C@@]2(c4noc(=O)[nH]4)C[C@@H]2C)CC3)cc(C)c1F.Cc1cc(-n2nc3c(c2-n2ccn(-c4ccc5c(cnn5C)c4F)c2=O)[C@H](C)N(C(=O)c2cc4cc([C@H]5CCOC(C)(C)C5)ccc4n2[C@@]2(c4noc(=O)[nH]4)C[C@@H]2C)CC3)cc(C)c1F.O.O.[Ca]. The van der Waals surface area contributed by atoms with Gasteiger partial charge in [-0.05, 0) is 250 Å². The molecule has 133 heavy (non-hydrogen) atoms. The van der Waals surface area contributed by atoms with Crippen molar-refractivity contribution in [3.63, 3.8) is 0 Å². The maximum absolute atomic E-state index is 16.1. The van der Waals surface area contributed by atoms with Gasteiger partial charge in [-0.1, -0.05) is 36.3 Å². The number of carbonyl (C=O) groups excluding carboxylic acids is 2. The average molecular weight is 1840 g/mol. The summed E-state index contributed by atoms with van der Waals surface area (Å²) in [6.45, 7) is 25.0. The van der Waals surface area contributed by atoms with Crippen molar-refractivity contribution in [1.82, 2.24) is 96.6 Å². The van der Waals surface area contributed by atoms with Crippen LogP contribution in [0.25, 0.3) is 78.0 Å². The van der Waals surface area contributed by atoms with Gasteiger partial charge in [0.25, 0.3) is 11.8 Å². The minimum atomic E-state index is -0.857. The first-order chi connectivity index (χ1) is 62.1. The van der Waals surface area contributed by atoms with Crippen LogP contribution in [0.3, 0.4) is 0 Å². The molecule has 0 unspecified atom stereocenters. The van der Waals surface area contributed by atoms with E-state index < -0.39 is 57.7 Å². The van der Waals surface area contributed by atoms with Crippen LogP contribution >= 0.6 is 0 Å².